The highest BCUT2D eigenvalue weighted by Gasteiger charge is 2.45. The Bertz CT molecular complexity index is 1820. The number of fused-ring (bicyclic) bond motifs is 7. The Labute approximate surface area is 266 Å². The number of benzene rings is 2. The molecule has 11 heteroatoms. The topological polar surface area (TPSA) is 113 Å². The number of carbonyl (C=O) groups excluding carboxylic acids is 1. The molecule has 1 amide bonds. The maximum atomic E-state index is 16.9. The molecule has 240 valence electrons. The third kappa shape index (κ3) is 5.09. The van der Waals surface area contributed by atoms with Gasteiger partial charge in [-0.15, -0.1) is 0 Å². The van der Waals surface area contributed by atoms with Gasteiger partial charge in [-0.05, 0) is 81.3 Å². The van der Waals surface area contributed by atoms with Crippen molar-refractivity contribution in [2.75, 3.05) is 44.3 Å². The van der Waals surface area contributed by atoms with E-state index in [9.17, 15) is 9.90 Å². The Balaban J connectivity index is 1.30. The number of nitrogens with zero attached hydrogens (tertiary/aromatic N) is 5. The number of hydrogen-bond donors (Lipinski definition) is 2. The highest BCUT2D eigenvalue weighted by Crippen LogP contribution is 2.41. The molecule has 9 rings (SSSR count). The number of halogens is 1. The van der Waals surface area contributed by atoms with Gasteiger partial charge in [0.05, 0.1) is 29.2 Å². The van der Waals surface area contributed by atoms with Crippen molar-refractivity contribution < 1.29 is 23.8 Å². The Morgan fingerprint density at radius 1 is 1.13 bits per heavy atom. The molecule has 0 spiro atoms. The van der Waals surface area contributed by atoms with E-state index in [2.05, 4.69) is 10.2 Å². The number of aliphatic hydroxyl groups excluding tert-OH is 1. The minimum Gasteiger partial charge on any atom is -0.461 e. The van der Waals surface area contributed by atoms with E-state index in [0.717, 1.165) is 55.1 Å². The standard InChI is InChI=1S/C35H39FN6O4/c1-34-17-24(43)19-41(20-34)31-26-18-37-29(25-11-3-9-22-7-2-8-23(27(22)25)10-4-16-45-33(44)40-34)28(36)30(26)38-32(39-31)46-21-35-12-5-14-42(35)15-6-13-35/h2-3,7-9,11,18,24,43H,4-6,10,12-17,19-21H2,1H3,(H,40,44). The molecule has 0 radical (unpaired) electrons. The van der Waals surface area contributed by atoms with Gasteiger partial charge in [0.25, 0.3) is 0 Å². The van der Waals surface area contributed by atoms with Crippen molar-refractivity contribution in [1.29, 1.82) is 0 Å². The summed E-state index contributed by atoms with van der Waals surface area (Å²) in [6.45, 7) is 5.20. The van der Waals surface area contributed by atoms with Gasteiger partial charge < -0.3 is 24.8 Å². The molecule has 5 aliphatic heterocycles. The summed E-state index contributed by atoms with van der Waals surface area (Å²) in [4.78, 5) is 31.6. The van der Waals surface area contributed by atoms with Crippen LogP contribution in [0.5, 0.6) is 6.01 Å². The number of piperidine rings is 1. The van der Waals surface area contributed by atoms with E-state index in [-0.39, 0.29) is 35.9 Å². The number of pyridine rings is 1. The Morgan fingerprint density at radius 3 is 2.76 bits per heavy atom. The van der Waals surface area contributed by atoms with Crippen molar-refractivity contribution >= 4 is 33.6 Å². The van der Waals surface area contributed by atoms with Crippen molar-refractivity contribution in [3.05, 3.63) is 54.0 Å². The summed E-state index contributed by atoms with van der Waals surface area (Å²) in [5.74, 6) is -0.135. The number of rotatable bonds is 3. The van der Waals surface area contributed by atoms with Crippen LogP contribution in [0.1, 0.15) is 51.0 Å². The van der Waals surface area contributed by atoms with E-state index in [1.54, 1.807) is 6.20 Å². The van der Waals surface area contributed by atoms with Gasteiger partial charge in [0, 0.05) is 24.8 Å². The van der Waals surface area contributed by atoms with E-state index in [1.165, 1.54) is 0 Å². The molecular weight excluding hydrogens is 587 g/mol. The highest BCUT2D eigenvalue weighted by atomic mass is 19.1. The fourth-order valence-electron chi connectivity index (χ4n) is 8.35. The lowest BCUT2D eigenvalue weighted by Crippen LogP contribution is -2.61. The summed E-state index contributed by atoms with van der Waals surface area (Å²) >= 11 is 0. The second-order valence-corrected chi connectivity index (χ2v) is 13.7. The van der Waals surface area contributed by atoms with E-state index >= 15 is 4.39 Å². The van der Waals surface area contributed by atoms with Gasteiger partial charge in [-0.2, -0.15) is 9.97 Å². The van der Waals surface area contributed by atoms with Crippen LogP contribution in [-0.2, 0) is 11.2 Å². The number of nitrogens with one attached hydrogen (secondary N) is 1. The van der Waals surface area contributed by atoms with Gasteiger partial charge in [0.15, 0.2) is 5.82 Å². The zero-order valence-electron chi connectivity index (χ0n) is 26.1. The third-order valence-electron chi connectivity index (χ3n) is 10.4. The quantitative estimate of drug-likeness (QED) is 0.325. The first-order valence-electron chi connectivity index (χ1n) is 16.4. The number of aromatic nitrogens is 3. The van der Waals surface area contributed by atoms with Crippen LogP contribution in [0.2, 0.25) is 0 Å². The molecule has 6 bridgehead atoms. The normalized spacial score (nSPS) is 24.6. The number of carbonyl (C=O) groups is 1. The molecule has 2 atom stereocenters. The third-order valence-corrected chi connectivity index (χ3v) is 10.4. The largest absolute Gasteiger partial charge is 0.461 e. The van der Waals surface area contributed by atoms with Crippen LogP contribution >= 0.6 is 0 Å². The average Bonchev–Trinajstić information content (AvgIpc) is 3.62. The van der Waals surface area contributed by atoms with Crippen molar-refractivity contribution in [2.24, 2.45) is 0 Å². The van der Waals surface area contributed by atoms with Crippen molar-refractivity contribution in [2.45, 2.75) is 69.1 Å². The number of hydrogen-bond acceptors (Lipinski definition) is 9. The van der Waals surface area contributed by atoms with Crippen LogP contribution in [0.3, 0.4) is 0 Å². The summed E-state index contributed by atoms with van der Waals surface area (Å²) in [7, 11) is 0. The second kappa shape index (κ2) is 11.3. The van der Waals surface area contributed by atoms with Gasteiger partial charge in [-0.1, -0.05) is 36.4 Å². The van der Waals surface area contributed by atoms with Crippen LogP contribution in [0, 0.1) is 5.82 Å². The lowest BCUT2D eigenvalue weighted by molar-refractivity contribution is 0.0913. The SMILES string of the molecule is CC12CC(O)CN(C1)c1nc(OCC34CCCN3CCC4)nc3c(F)c(ncc13)-c1cccc3cccc(c13)CCCOC(=O)N2. The Kier molecular flexibility index (Phi) is 7.21. The molecule has 10 nitrogen and oxygen atoms in total. The van der Waals surface area contributed by atoms with Gasteiger partial charge in [-0.25, -0.2) is 9.18 Å². The van der Waals surface area contributed by atoms with Gasteiger partial charge in [0.1, 0.15) is 23.6 Å². The lowest BCUT2D eigenvalue weighted by Gasteiger charge is -2.43. The van der Waals surface area contributed by atoms with Crippen molar-refractivity contribution in [3.8, 4) is 17.3 Å². The van der Waals surface area contributed by atoms with E-state index in [1.807, 2.05) is 48.2 Å². The Morgan fingerprint density at radius 2 is 1.93 bits per heavy atom. The molecule has 2 aromatic heterocycles. The molecule has 2 aromatic carbocycles. The van der Waals surface area contributed by atoms with Crippen molar-refractivity contribution in [3.63, 3.8) is 0 Å². The van der Waals surface area contributed by atoms with Crippen LogP contribution in [0.15, 0.2) is 42.6 Å². The van der Waals surface area contributed by atoms with Crippen LogP contribution in [-0.4, -0.2) is 87.6 Å². The predicted molar refractivity (Wildman–Crippen MR) is 173 cm³/mol. The molecule has 0 aliphatic carbocycles. The number of alkyl carbamates (subject to hydrolysis) is 1. The van der Waals surface area contributed by atoms with Crippen molar-refractivity contribution in [1.82, 2.24) is 25.2 Å². The molecular formula is C35H39FN6O4. The molecule has 0 saturated carbocycles. The molecule has 3 fully saturated rings. The summed E-state index contributed by atoms with van der Waals surface area (Å²) in [6.07, 6.45) is 6.23. The minimum atomic E-state index is -0.831. The average molecular weight is 627 g/mol. The monoisotopic (exact) mass is 626 g/mol. The Hall–Kier alpha value is -4.09. The summed E-state index contributed by atoms with van der Waals surface area (Å²) < 4.78 is 28.9. The zero-order valence-corrected chi connectivity index (χ0v) is 26.1. The van der Waals surface area contributed by atoms with E-state index in [4.69, 9.17) is 24.4 Å². The second-order valence-electron chi connectivity index (χ2n) is 13.7. The smallest absolute Gasteiger partial charge is 0.407 e. The molecule has 3 saturated heterocycles. The number of amides is 1. The van der Waals surface area contributed by atoms with Gasteiger partial charge in [0.2, 0.25) is 0 Å². The molecule has 2 unspecified atom stereocenters. The number of aliphatic hydroxyl groups is 1. The lowest BCUT2D eigenvalue weighted by atomic mass is 9.89. The van der Waals surface area contributed by atoms with Crippen LogP contribution in [0.4, 0.5) is 15.0 Å². The van der Waals surface area contributed by atoms with Gasteiger partial charge >= 0.3 is 12.1 Å². The molecule has 4 aromatic rings. The van der Waals surface area contributed by atoms with E-state index < -0.39 is 23.6 Å². The summed E-state index contributed by atoms with van der Waals surface area (Å²) in [5, 5.41) is 16.3. The molecule has 7 heterocycles. The van der Waals surface area contributed by atoms with Crippen LogP contribution < -0.4 is 15.0 Å². The number of ether oxygens (including phenoxy) is 2. The maximum absolute atomic E-state index is 16.9. The van der Waals surface area contributed by atoms with Crippen LogP contribution in [0.25, 0.3) is 32.9 Å². The first-order valence-corrected chi connectivity index (χ1v) is 16.4. The fourth-order valence-corrected chi connectivity index (χ4v) is 8.35. The fraction of sp³-hybridized carbons (Fsp3) is 0.486. The summed E-state index contributed by atoms with van der Waals surface area (Å²) in [5.41, 5.74) is 1.14. The molecule has 46 heavy (non-hydrogen) atoms. The van der Waals surface area contributed by atoms with E-state index in [0.29, 0.717) is 49.2 Å². The zero-order chi connectivity index (χ0) is 31.5. The van der Waals surface area contributed by atoms with Gasteiger partial charge in [-0.3, -0.25) is 9.88 Å². The highest BCUT2D eigenvalue weighted by molar-refractivity contribution is 6.00. The summed E-state index contributed by atoms with van der Waals surface area (Å²) in [6, 6.07) is 11.9. The molecule has 5 aliphatic rings. The number of aryl methyl sites for hydroxylation is 1. The maximum Gasteiger partial charge on any atom is 0.407 e. The molecule has 2 N–H and O–H groups in total. The first-order chi connectivity index (χ1) is 22.3. The predicted octanol–water partition coefficient (Wildman–Crippen LogP) is 4.99. The number of anilines is 1. The first kappa shape index (κ1) is 29.3. The minimum absolute atomic E-state index is 0.0454.